The summed E-state index contributed by atoms with van der Waals surface area (Å²) in [6.07, 6.45) is 4.80. The summed E-state index contributed by atoms with van der Waals surface area (Å²) in [5, 5.41) is 11.7. The molecule has 0 aliphatic heterocycles. The summed E-state index contributed by atoms with van der Waals surface area (Å²) < 4.78 is 1.97. The molecule has 1 heterocycles. The van der Waals surface area contributed by atoms with E-state index in [1.165, 1.54) is 19.4 Å². The molecule has 1 fully saturated rings. The van der Waals surface area contributed by atoms with Gasteiger partial charge in [-0.2, -0.15) is 0 Å². The van der Waals surface area contributed by atoms with E-state index in [0.717, 1.165) is 43.8 Å². The molecule has 19 heavy (non-hydrogen) atoms. The lowest BCUT2D eigenvalue weighted by atomic mass is 10.2. The van der Waals surface area contributed by atoms with Gasteiger partial charge < -0.3 is 5.32 Å². The normalized spacial score (nSPS) is 15.6. The Hall–Kier alpha value is -0.940. The van der Waals surface area contributed by atoms with Gasteiger partial charge in [0, 0.05) is 31.9 Å². The van der Waals surface area contributed by atoms with E-state index < -0.39 is 0 Å². The van der Waals surface area contributed by atoms with Crippen LogP contribution < -0.4 is 5.32 Å². The minimum atomic E-state index is 0.737. The Morgan fingerprint density at radius 2 is 2.26 bits per heavy atom. The van der Waals surface area contributed by atoms with E-state index in [-0.39, 0.29) is 0 Å². The first-order valence-corrected chi connectivity index (χ1v) is 7.52. The first-order valence-electron chi connectivity index (χ1n) is 7.52. The van der Waals surface area contributed by atoms with Gasteiger partial charge >= 0.3 is 0 Å². The summed E-state index contributed by atoms with van der Waals surface area (Å²) >= 11 is 0. The van der Waals surface area contributed by atoms with Crippen molar-refractivity contribution in [2.24, 2.45) is 5.92 Å². The van der Waals surface area contributed by atoms with Gasteiger partial charge in [0.25, 0.3) is 0 Å². The van der Waals surface area contributed by atoms with Crippen LogP contribution in [0.2, 0.25) is 0 Å². The van der Waals surface area contributed by atoms with E-state index >= 15 is 0 Å². The maximum Gasteiger partial charge on any atom is 0.0964 e. The zero-order valence-electron chi connectivity index (χ0n) is 12.5. The third kappa shape index (κ3) is 4.91. The molecule has 0 bridgehead atoms. The van der Waals surface area contributed by atoms with Gasteiger partial charge in [-0.1, -0.05) is 26.0 Å². The Labute approximate surface area is 116 Å². The molecule has 5 heteroatoms. The average molecular weight is 265 g/mol. The quantitative estimate of drug-likeness (QED) is 0.735. The fourth-order valence-electron chi connectivity index (χ4n) is 2.34. The van der Waals surface area contributed by atoms with Crippen LogP contribution in [0.1, 0.15) is 39.3 Å². The number of rotatable bonds is 9. The van der Waals surface area contributed by atoms with Crippen LogP contribution >= 0.6 is 0 Å². The highest BCUT2D eigenvalue weighted by molar-refractivity contribution is 4.91. The SMILES string of the molecule is CCNCc1cn(CCN(CC(C)C)C2CC2)nn1. The third-order valence-electron chi connectivity index (χ3n) is 3.42. The average Bonchev–Trinajstić information content (AvgIpc) is 3.12. The van der Waals surface area contributed by atoms with E-state index in [0.29, 0.717) is 0 Å². The molecule has 0 aromatic carbocycles. The third-order valence-corrected chi connectivity index (χ3v) is 3.42. The van der Waals surface area contributed by atoms with Crippen LogP contribution in [0.25, 0.3) is 0 Å². The van der Waals surface area contributed by atoms with Crippen LogP contribution in [0.4, 0.5) is 0 Å². The zero-order chi connectivity index (χ0) is 13.7. The van der Waals surface area contributed by atoms with Crippen LogP contribution in [0.15, 0.2) is 6.20 Å². The van der Waals surface area contributed by atoms with Crippen LogP contribution in [-0.2, 0) is 13.1 Å². The standard InChI is InChI=1S/C14H27N5/c1-4-15-9-13-11-19(17-16-13)8-7-18(10-12(2)3)14-5-6-14/h11-12,14-15H,4-10H2,1-3H3. The molecular weight excluding hydrogens is 238 g/mol. The maximum absolute atomic E-state index is 4.20. The van der Waals surface area contributed by atoms with Crippen molar-refractivity contribution in [3.63, 3.8) is 0 Å². The number of nitrogens with one attached hydrogen (secondary N) is 1. The maximum atomic E-state index is 4.20. The molecule has 0 saturated heterocycles. The summed E-state index contributed by atoms with van der Waals surface area (Å²) in [5.74, 6) is 0.737. The summed E-state index contributed by atoms with van der Waals surface area (Å²) in [4.78, 5) is 2.61. The molecular formula is C14H27N5. The number of aromatic nitrogens is 3. The molecule has 0 unspecified atom stereocenters. The van der Waals surface area contributed by atoms with Crippen molar-refractivity contribution in [3.05, 3.63) is 11.9 Å². The van der Waals surface area contributed by atoms with Crippen molar-refractivity contribution in [1.82, 2.24) is 25.2 Å². The molecule has 108 valence electrons. The van der Waals surface area contributed by atoms with Crippen molar-refractivity contribution in [1.29, 1.82) is 0 Å². The Balaban J connectivity index is 1.78. The summed E-state index contributed by atoms with van der Waals surface area (Å²) in [7, 11) is 0. The first-order chi connectivity index (χ1) is 9.19. The van der Waals surface area contributed by atoms with Crippen LogP contribution in [-0.4, -0.2) is 45.6 Å². The number of hydrogen-bond acceptors (Lipinski definition) is 4. The Bertz CT molecular complexity index is 370. The van der Waals surface area contributed by atoms with Crippen LogP contribution in [0.3, 0.4) is 0 Å². The smallest absolute Gasteiger partial charge is 0.0964 e. The Kier molecular flexibility index (Phi) is 5.34. The van der Waals surface area contributed by atoms with Gasteiger partial charge in [-0.25, -0.2) is 0 Å². The predicted molar refractivity (Wildman–Crippen MR) is 76.8 cm³/mol. The lowest BCUT2D eigenvalue weighted by molar-refractivity contribution is 0.222. The molecule has 1 N–H and O–H groups in total. The minimum absolute atomic E-state index is 0.737. The largest absolute Gasteiger partial charge is 0.311 e. The molecule has 5 nitrogen and oxygen atoms in total. The highest BCUT2D eigenvalue weighted by Gasteiger charge is 2.28. The topological polar surface area (TPSA) is 46.0 Å². The van der Waals surface area contributed by atoms with E-state index in [4.69, 9.17) is 0 Å². The monoisotopic (exact) mass is 265 g/mol. The predicted octanol–water partition coefficient (Wildman–Crippen LogP) is 1.51. The molecule has 0 atom stereocenters. The highest BCUT2D eigenvalue weighted by atomic mass is 15.4. The number of hydrogen-bond donors (Lipinski definition) is 1. The van der Waals surface area contributed by atoms with E-state index in [2.05, 4.69) is 47.5 Å². The Morgan fingerprint density at radius 1 is 1.47 bits per heavy atom. The summed E-state index contributed by atoms with van der Waals surface area (Å²) in [6, 6.07) is 0.826. The van der Waals surface area contributed by atoms with E-state index in [1.54, 1.807) is 0 Å². The van der Waals surface area contributed by atoms with E-state index in [1.807, 2.05) is 4.68 Å². The highest BCUT2D eigenvalue weighted by Crippen LogP contribution is 2.27. The fraction of sp³-hybridized carbons (Fsp3) is 0.857. The zero-order valence-corrected chi connectivity index (χ0v) is 12.5. The van der Waals surface area contributed by atoms with Gasteiger partial charge in [-0.3, -0.25) is 9.58 Å². The van der Waals surface area contributed by atoms with Crippen LogP contribution in [0.5, 0.6) is 0 Å². The van der Waals surface area contributed by atoms with Gasteiger partial charge in [0.15, 0.2) is 0 Å². The minimum Gasteiger partial charge on any atom is -0.311 e. The first kappa shape index (κ1) is 14.5. The van der Waals surface area contributed by atoms with Crippen molar-refractivity contribution < 1.29 is 0 Å². The van der Waals surface area contributed by atoms with E-state index in [9.17, 15) is 0 Å². The van der Waals surface area contributed by atoms with Gasteiger partial charge in [0.1, 0.15) is 0 Å². The summed E-state index contributed by atoms with van der Waals surface area (Å²) in [6.45, 7) is 11.7. The van der Waals surface area contributed by atoms with Gasteiger partial charge in [-0.05, 0) is 25.3 Å². The van der Waals surface area contributed by atoms with Gasteiger partial charge in [-0.15, -0.1) is 5.10 Å². The lowest BCUT2D eigenvalue weighted by Crippen LogP contribution is -2.33. The van der Waals surface area contributed by atoms with Crippen LogP contribution in [0, 0.1) is 5.92 Å². The second-order valence-electron chi connectivity index (χ2n) is 5.87. The van der Waals surface area contributed by atoms with Crippen molar-refractivity contribution in [2.45, 2.75) is 52.7 Å². The molecule has 2 rings (SSSR count). The molecule has 1 saturated carbocycles. The van der Waals surface area contributed by atoms with Gasteiger partial charge in [0.05, 0.1) is 12.2 Å². The number of nitrogens with zero attached hydrogens (tertiary/aromatic N) is 4. The molecule has 0 radical (unpaired) electrons. The fourth-order valence-corrected chi connectivity index (χ4v) is 2.34. The van der Waals surface area contributed by atoms with Crippen molar-refractivity contribution in [2.75, 3.05) is 19.6 Å². The molecule has 0 spiro atoms. The molecule has 1 aliphatic carbocycles. The lowest BCUT2D eigenvalue weighted by Gasteiger charge is -2.23. The molecule has 0 amide bonds. The van der Waals surface area contributed by atoms with Crippen molar-refractivity contribution in [3.8, 4) is 0 Å². The molecule has 1 aliphatic rings. The summed E-state index contributed by atoms with van der Waals surface area (Å²) in [5.41, 5.74) is 1.03. The second kappa shape index (κ2) is 7.01. The molecule has 1 aromatic rings. The Morgan fingerprint density at radius 3 is 2.89 bits per heavy atom. The second-order valence-corrected chi connectivity index (χ2v) is 5.87. The van der Waals surface area contributed by atoms with Gasteiger partial charge in [0.2, 0.25) is 0 Å². The molecule has 1 aromatic heterocycles. The van der Waals surface area contributed by atoms with Crippen molar-refractivity contribution >= 4 is 0 Å².